The van der Waals surface area contributed by atoms with Crippen LogP contribution in [0.5, 0.6) is 0 Å². The van der Waals surface area contributed by atoms with E-state index in [1.165, 1.54) is 23.9 Å². The van der Waals surface area contributed by atoms with Gasteiger partial charge in [-0.15, -0.1) is 0 Å². The highest BCUT2D eigenvalue weighted by Crippen LogP contribution is 2.32. The van der Waals surface area contributed by atoms with Crippen molar-refractivity contribution < 1.29 is 0 Å². The average molecular weight is 255 g/mol. The number of anilines is 1. The Morgan fingerprint density at radius 3 is 3.00 bits per heavy atom. The molecule has 2 N–H and O–H groups in total. The Morgan fingerprint density at radius 1 is 1.37 bits per heavy atom. The molecular weight excluding hydrogens is 234 g/mol. The minimum atomic E-state index is 0.554. The standard InChI is InChI=1S/C16H21N3/c1-12-5-4-8-19(11-12)16-13(9-17)10-18-15-7-3-2-6-14(15)16/h2-3,6-7,10,12H,4-5,8-9,11,17H2,1H3. The van der Waals surface area contributed by atoms with E-state index in [0.29, 0.717) is 6.54 Å². The second kappa shape index (κ2) is 5.17. The van der Waals surface area contributed by atoms with Crippen molar-refractivity contribution in [2.75, 3.05) is 18.0 Å². The summed E-state index contributed by atoms with van der Waals surface area (Å²) in [5.74, 6) is 0.756. The van der Waals surface area contributed by atoms with Gasteiger partial charge in [-0.1, -0.05) is 25.1 Å². The minimum Gasteiger partial charge on any atom is -0.370 e. The maximum atomic E-state index is 5.92. The van der Waals surface area contributed by atoms with E-state index in [1.807, 2.05) is 12.3 Å². The van der Waals surface area contributed by atoms with Crippen LogP contribution in [0.2, 0.25) is 0 Å². The first-order chi connectivity index (χ1) is 9.29. The lowest BCUT2D eigenvalue weighted by Gasteiger charge is -2.34. The lowest BCUT2D eigenvalue weighted by Crippen LogP contribution is -2.35. The number of hydrogen-bond acceptors (Lipinski definition) is 3. The highest BCUT2D eigenvalue weighted by Gasteiger charge is 2.20. The van der Waals surface area contributed by atoms with E-state index in [9.17, 15) is 0 Å². The molecule has 2 heterocycles. The first-order valence-corrected chi connectivity index (χ1v) is 7.11. The summed E-state index contributed by atoms with van der Waals surface area (Å²) >= 11 is 0. The van der Waals surface area contributed by atoms with Gasteiger partial charge in [-0.3, -0.25) is 4.98 Å². The predicted molar refractivity (Wildman–Crippen MR) is 80.2 cm³/mol. The van der Waals surface area contributed by atoms with E-state index in [-0.39, 0.29) is 0 Å². The number of piperidine rings is 1. The van der Waals surface area contributed by atoms with Crippen molar-refractivity contribution in [1.82, 2.24) is 4.98 Å². The Balaban J connectivity index is 2.13. The SMILES string of the molecule is CC1CCCN(c2c(CN)cnc3ccccc23)C1. The summed E-state index contributed by atoms with van der Waals surface area (Å²) in [6.07, 6.45) is 4.54. The summed E-state index contributed by atoms with van der Waals surface area (Å²) in [5.41, 5.74) is 9.44. The quantitative estimate of drug-likeness (QED) is 0.897. The smallest absolute Gasteiger partial charge is 0.0723 e. The van der Waals surface area contributed by atoms with Crippen molar-refractivity contribution >= 4 is 16.6 Å². The summed E-state index contributed by atoms with van der Waals surface area (Å²) in [4.78, 5) is 7.02. The summed E-state index contributed by atoms with van der Waals surface area (Å²) in [6.45, 7) is 5.14. The van der Waals surface area contributed by atoms with Crippen molar-refractivity contribution in [3.05, 3.63) is 36.0 Å². The number of hydrogen-bond donors (Lipinski definition) is 1. The van der Waals surface area contributed by atoms with Crippen LogP contribution in [0.25, 0.3) is 10.9 Å². The Hall–Kier alpha value is -1.61. The van der Waals surface area contributed by atoms with Crippen LogP contribution in [0.1, 0.15) is 25.3 Å². The summed E-state index contributed by atoms with van der Waals surface area (Å²) in [5, 5.41) is 1.24. The van der Waals surface area contributed by atoms with Gasteiger partial charge in [0.05, 0.1) is 11.2 Å². The molecule has 1 atom stereocenters. The maximum absolute atomic E-state index is 5.92. The van der Waals surface area contributed by atoms with Crippen molar-refractivity contribution in [3.8, 4) is 0 Å². The number of para-hydroxylation sites is 1. The molecule has 1 fully saturated rings. The molecule has 19 heavy (non-hydrogen) atoms. The second-order valence-corrected chi connectivity index (χ2v) is 5.55. The van der Waals surface area contributed by atoms with Crippen LogP contribution in [-0.4, -0.2) is 18.1 Å². The van der Waals surface area contributed by atoms with Crippen LogP contribution < -0.4 is 10.6 Å². The lowest BCUT2D eigenvalue weighted by molar-refractivity contribution is 0.447. The van der Waals surface area contributed by atoms with Crippen LogP contribution in [0.4, 0.5) is 5.69 Å². The molecule has 1 aromatic heterocycles. The molecule has 0 amide bonds. The van der Waals surface area contributed by atoms with E-state index in [0.717, 1.165) is 30.1 Å². The number of pyridine rings is 1. The highest BCUT2D eigenvalue weighted by atomic mass is 15.1. The van der Waals surface area contributed by atoms with E-state index in [4.69, 9.17) is 5.73 Å². The van der Waals surface area contributed by atoms with Crippen molar-refractivity contribution in [3.63, 3.8) is 0 Å². The Kier molecular flexibility index (Phi) is 3.38. The zero-order chi connectivity index (χ0) is 13.2. The monoisotopic (exact) mass is 255 g/mol. The van der Waals surface area contributed by atoms with E-state index >= 15 is 0 Å². The molecule has 3 rings (SSSR count). The van der Waals surface area contributed by atoms with E-state index in [2.05, 4.69) is 35.0 Å². The molecular formula is C16H21N3. The first-order valence-electron chi connectivity index (χ1n) is 7.11. The third kappa shape index (κ3) is 2.30. The number of nitrogens with two attached hydrogens (primary N) is 1. The van der Waals surface area contributed by atoms with Crippen molar-refractivity contribution in [2.45, 2.75) is 26.3 Å². The molecule has 0 radical (unpaired) electrons. The topological polar surface area (TPSA) is 42.1 Å². The first kappa shape index (κ1) is 12.4. The van der Waals surface area contributed by atoms with Crippen LogP contribution in [-0.2, 0) is 6.54 Å². The average Bonchev–Trinajstić information content (AvgIpc) is 2.46. The molecule has 0 spiro atoms. The zero-order valence-electron chi connectivity index (χ0n) is 11.5. The molecule has 0 bridgehead atoms. The van der Waals surface area contributed by atoms with Gasteiger partial charge < -0.3 is 10.6 Å². The Morgan fingerprint density at radius 2 is 2.21 bits per heavy atom. The molecule has 3 nitrogen and oxygen atoms in total. The van der Waals surface area contributed by atoms with Crippen LogP contribution in [0.3, 0.4) is 0 Å². The predicted octanol–water partition coefficient (Wildman–Crippen LogP) is 2.93. The van der Waals surface area contributed by atoms with Crippen LogP contribution >= 0.6 is 0 Å². The Bertz CT molecular complexity index is 579. The summed E-state index contributed by atoms with van der Waals surface area (Å²) < 4.78 is 0. The molecule has 1 aliphatic rings. The van der Waals surface area contributed by atoms with Gasteiger partial charge in [-0.2, -0.15) is 0 Å². The van der Waals surface area contributed by atoms with Gasteiger partial charge in [-0.05, 0) is 24.8 Å². The third-order valence-electron chi connectivity index (χ3n) is 4.02. The molecule has 1 aliphatic heterocycles. The minimum absolute atomic E-state index is 0.554. The van der Waals surface area contributed by atoms with Gasteiger partial charge in [0.15, 0.2) is 0 Å². The van der Waals surface area contributed by atoms with Crippen molar-refractivity contribution in [1.29, 1.82) is 0 Å². The number of rotatable bonds is 2. The molecule has 0 aliphatic carbocycles. The number of nitrogens with zero attached hydrogens (tertiary/aromatic N) is 2. The van der Waals surface area contributed by atoms with Gasteiger partial charge in [-0.25, -0.2) is 0 Å². The van der Waals surface area contributed by atoms with Crippen molar-refractivity contribution in [2.24, 2.45) is 11.7 Å². The van der Waals surface area contributed by atoms with Gasteiger partial charge in [0.25, 0.3) is 0 Å². The molecule has 3 heteroatoms. The third-order valence-corrected chi connectivity index (χ3v) is 4.02. The zero-order valence-corrected chi connectivity index (χ0v) is 11.5. The van der Waals surface area contributed by atoms with Crippen LogP contribution in [0.15, 0.2) is 30.5 Å². The number of benzene rings is 1. The normalized spacial score (nSPS) is 19.9. The van der Waals surface area contributed by atoms with Gasteiger partial charge >= 0.3 is 0 Å². The molecule has 0 saturated carbocycles. The van der Waals surface area contributed by atoms with Gasteiger partial charge in [0, 0.05) is 36.8 Å². The van der Waals surface area contributed by atoms with E-state index in [1.54, 1.807) is 0 Å². The molecule has 2 aromatic rings. The molecule has 1 unspecified atom stereocenters. The molecule has 1 saturated heterocycles. The Labute approximate surface area is 114 Å². The van der Waals surface area contributed by atoms with Crippen LogP contribution in [0, 0.1) is 5.92 Å². The largest absolute Gasteiger partial charge is 0.370 e. The summed E-state index contributed by atoms with van der Waals surface area (Å²) in [6, 6.07) is 8.36. The highest BCUT2D eigenvalue weighted by molar-refractivity contribution is 5.93. The lowest BCUT2D eigenvalue weighted by atomic mass is 9.98. The number of fused-ring (bicyclic) bond motifs is 1. The molecule has 1 aromatic carbocycles. The second-order valence-electron chi connectivity index (χ2n) is 5.55. The summed E-state index contributed by atoms with van der Waals surface area (Å²) in [7, 11) is 0. The van der Waals surface area contributed by atoms with E-state index < -0.39 is 0 Å². The molecule has 100 valence electrons. The fraction of sp³-hybridized carbons (Fsp3) is 0.438. The number of aromatic nitrogens is 1. The van der Waals surface area contributed by atoms with Gasteiger partial charge in [0.1, 0.15) is 0 Å². The maximum Gasteiger partial charge on any atom is 0.0723 e. The van der Waals surface area contributed by atoms with Gasteiger partial charge in [0.2, 0.25) is 0 Å². The fourth-order valence-electron chi connectivity index (χ4n) is 3.08. The fourth-order valence-corrected chi connectivity index (χ4v) is 3.08.